The summed E-state index contributed by atoms with van der Waals surface area (Å²) in [7, 11) is 0. The van der Waals surface area contributed by atoms with Gasteiger partial charge in [-0.15, -0.1) is 0 Å². The molecule has 1 saturated carbocycles. The Hall–Kier alpha value is -0.600. The summed E-state index contributed by atoms with van der Waals surface area (Å²) in [5.74, 6) is 0.846. The molecule has 2 atom stereocenters. The third-order valence-electron chi connectivity index (χ3n) is 3.79. The molecule has 1 heterocycles. The zero-order chi connectivity index (χ0) is 11.3. The molecule has 2 bridgehead atoms. The average Bonchev–Trinajstić information content (AvgIpc) is 2.84. The van der Waals surface area contributed by atoms with Crippen molar-refractivity contribution < 1.29 is 0 Å². The molecule has 0 radical (unpaired) electrons. The van der Waals surface area contributed by atoms with Crippen molar-refractivity contribution in [1.29, 1.82) is 0 Å². The summed E-state index contributed by atoms with van der Waals surface area (Å²) < 4.78 is 0. The van der Waals surface area contributed by atoms with Crippen molar-refractivity contribution in [1.82, 2.24) is 0 Å². The smallest absolute Gasteiger partial charge is 0.0618 e. The molecule has 4 heteroatoms. The molecule has 1 aliphatic carbocycles. The molecule has 86 valence electrons. The Bertz CT molecular complexity index is 433. The molecule has 1 aromatic carbocycles. The van der Waals surface area contributed by atoms with Crippen molar-refractivity contribution in [3.63, 3.8) is 0 Å². The molecule has 2 fully saturated rings. The second kappa shape index (κ2) is 3.71. The van der Waals surface area contributed by atoms with E-state index in [-0.39, 0.29) is 0 Å². The Balaban J connectivity index is 1.98. The van der Waals surface area contributed by atoms with E-state index in [1.54, 1.807) is 6.07 Å². The zero-order valence-corrected chi connectivity index (χ0v) is 10.4. The molecule has 2 nitrogen and oxygen atoms in total. The lowest BCUT2D eigenvalue weighted by molar-refractivity contribution is 0.554. The third kappa shape index (κ3) is 1.56. The van der Waals surface area contributed by atoms with Gasteiger partial charge in [-0.25, -0.2) is 0 Å². The van der Waals surface area contributed by atoms with Crippen LogP contribution in [0.5, 0.6) is 0 Å². The summed E-state index contributed by atoms with van der Waals surface area (Å²) in [6.07, 6.45) is 3.95. The molecule has 2 aliphatic rings. The maximum absolute atomic E-state index is 6.05. The van der Waals surface area contributed by atoms with E-state index >= 15 is 0 Å². The molecular formula is C12H14Cl2N2. The van der Waals surface area contributed by atoms with Crippen molar-refractivity contribution in [2.75, 3.05) is 17.2 Å². The highest BCUT2D eigenvalue weighted by Gasteiger charge is 2.38. The van der Waals surface area contributed by atoms with Gasteiger partial charge in [0, 0.05) is 12.6 Å². The number of piperidine rings is 1. The highest BCUT2D eigenvalue weighted by atomic mass is 35.5. The van der Waals surface area contributed by atoms with Gasteiger partial charge in [-0.3, -0.25) is 0 Å². The number of hydrogen-bond donors (Lipinski definition) is 1. The minimum absolute atomic E-state index is 0.535. The fraction of sp³-hybridized carbons (Fsp3) is 0.500. The summed E-state index contributed by atoms with van der Waals surface area (Å²) in [4.78, 5) is 2.39. The van der Waals surface area contributed by atoms with Gasteiger partial charge in [0.15, 0.2) is 0 Å². The van der Waals surface area contributed by atoms with Gasteiger partial charge < -0.3 is 10.6 Å². The maximum Gasteiger partial charge on any atom is 0.0618 e. The molecule has 1 aromatic rings. The minimum Gasteiger partial charge on any atom is -0.397 e. The number of halogens is 2. The van der Waals surface area contributed by atoms with Crippen LogP contribution < -0.4 is 10.6 Å². The zero-order valence-electron chi connectivity index (χ0n) is 8.92. The van der Waals surface area contributed by atoms with E-state index in [0.717, 1.165) is 23.8 Å². The third-order valence-corrected chi connectivity index (χ3v) is 4.51. The van der Waals surface area contributed by atoms with Gasteiger partial charge in [0.25, 0.3) is 0 Å². The van der Waals surface area contributed by atoms with Gasteiger partial charge >= 0.3 is 0 Å². The van der Waals surface area contributed by atoms with Gasteiger partial charge in [0.05, 0.1) is 21.4 Å². The van der Waals surface area contributed by atoms with Crippen LogP contribution in [0.25, 0.3) is 0 Å². The van der Waals surface area contributed by atoms with Crippen molar-refractivity contribution in [3.05, 3.63) is 22.2 Å². The standard InChI is InChI=1S/C12H14Cl2N2/c13-9-4-11(15)12(5-10(9)14)16-6-7-1-2-8(16)3-7/h4-5,7-8H,1-3,6,15H2. The van der Waals surface area contributed by atoms with Crippen LogP contribution in [0.3, 0.4) is 0 Å². The number of fused-ring (bicyclic) bond motifs is 2. The topological polar surface area (TPSA) is 29.3 Å². The van der Waals surface area contributed by atoms with Gasteiger partial charge in [0.1, 0.15) is 0 Å². The van der Waals surface area contributed by atoms with Crippen molar-refractivity contribution in [2.24, 2.45) is 5.92 Å². The largest absolute Gasteiger partial charge is 0.397 e. The predicted octanol–water partition coefficient (Wildman–Crippen LogP) is 3.56. The highest BCUT2D eigenvalue weighted by Crippen LogP contribution is 2.43. The van der Waals surface area contributed by atoms with Crippen molar-refractivity contribution in [2.45, 2.75) is 25.3 Å². The van der Waals surface area contributed by atoms with E-state index in [2.05, 4.69) is 4.90 Å². The van der Waals surface area contributed by atoms with Crippen LogP contribution in [0.2, 0.25) is 10.0 Å². The molecule has 1 aliphatic heterocycles. The Morgan fingerprint density at radius 1 is 1.19 bits per heavy atom. The molecular weight excluding hydrogens is 243 g/mol. The summed E-state index contributed by atoms with van der Waals surface area (Å²) in [6, 6.07) is 4.31. The quantitative estimate of drug-likeness (QED) is 0.779. The molecule has 2 N–H and O–H groups in total. The average molecular weight is 257 g/mol. The molecule has 0 aromatic heterocycles. The molecule has 0 spiro atoms. The number of anilines is 2. The summed E-state index contributed by atoms with van der Waals surface area (Å²) >= 11 is 12.0. The Morgan fingerprint density at radius 3 is 2.56 bits per heavy atom. The fourth-order valence-corrected chi connectivity index (χ4v) is 3.35. The summed E-state index contributed by atoms with van der Waals surface area (Å²) in [6.45, 7) is 1.12. The van der Waals surface area contributed by atoms with Gasteiger partial charge in [-0.2, -0.15) is 0 Å². The lowest BCUT2D eigenvalue weighted by atomic mass is 10.1. The molecule has 0 amide bonds. The van der Waals surface area contributed by atoms with E-state index in [0.29, 0.717) is 16.1 Å². The van der Waals surface area contributed by atoms with Crippen LogP contribution in [0.4, 0.5) is 11.4 Å². The van der Waals surface area contributed by atoms with Crippen LogP contribution in [-0.2, 0) is 0 Å². The first-order valence-corrected chi connectivity index (χ1v) is 6.42. The van der Waals surface area contributed by atoms with Crippen LogP contribution in [-0.4, -0.2) is 12.6 Å². The Kier molecular flexibility index (Phi) is 2.45. The monoisotopic (exact) mass is 256 g/mol. The first-order valence-electron chi connectivity index (χ1n) is 5.66. The number of benzene rings is 1. The number of nitrogen functional groups attached to an aromatic ring is 1. The van der Waals surface area contributed by atoms with Crippen LogP contribution in [0.1, 0.15) is 19.3 Å². The SMILES string of the molecule is Nc1cc(Cl)c(Cl)cc1N1CC2CCC1C2. The molecule has 2 unspecified atom stereocenters. The Morgan fingerprint density at radius 2 is 1.94 bits per heavy atom. The second-order valence-corrected chi connectivity index (χ2v) is 5.62. The first-order chi connectivity index (χ1) is 7.65. The molecule has 1 saturated heterocycles. The Labute approximate surface area is 105 Å². The summed E-state index contributed by atoms with van der Waals surface area (Å²) in [5, 5.41) is 1.13. The van der Waals surface area contributed by atoms with Crippen LogP contribution in [0, 0.1) is 5.92 Å². The van der Waals surface area contributed by atoms with E-state index in [4.69, 9.17) is 28.9 Å². The molecule has 16 heavy (non-hydrogen) atoms. The lowest BCUT2D eigenvalue weighted by Gasteiger charge is -2.30. The first kappa shape index (κ1) is 10.5. The van der Waals surface area contributed by atoms with E-state index in [1.165, 1.54) is 19.3 Å². The predicted molar refractivity (Wildman–Crippen MR) is 69.3 cm³/mol. The fourth-order valence-electron chi connectivity index (χ4n) is 3.02. The van der Waals surface area contributed by atoms with E-state index < -0.39 is 0 Å². The number of rotatable bonds is 1. The normalized spacial score (nSPS) is 27.8. The highest BCUT2D eigenvalue weighted by molar-refractivity contribution is 6.42. The van der Waals surface area contributed by atoms with E-state index in [9.17, 15) is 0 Å². The second-order valence-electron chi connectivity index (χ2n) is 4.81. The van der Waals surface area contributed by atoms with Crippen molar-refractivity contribution >= 4 is 34.6 Å². The van der Waals surface area contributed by atoms with Gasteiger partial charge in [0.2, 0.25) is 0 Å². The number of nitrogens with two attached hydrogens (primary N) is 1. The van der Waals surface area contributed by atoms with Crippen molar-refractivity contribution in [3.8, 4) is 0 Å². The lowest BCUT2D eigenvalue weighted by Crippen LogP contribution is -2.32. The van der Waals surface area contributed by atoms with Gasteiger partial charge in [-0.1, -0.05) is 23.2 Å². The summed E-state index contributed by atoms with van der Waals surface area (Å²) in [5.41, 5.74) is 7.81. The number of nitrogens with zero attached hydrogens (tertiary/aromatic N) is 1. The van der Waals surface area contributed by atoms with Crippen LogP contribution >= 0.6 is 23.2 Å². The van der Waals surface area contributed by atoms with Gasteiger partial charge in [-0.05, 0) is 37.3 Å². The van der Waals surface area contributed by atoms with E-state index in [1.807, 2.05) is 6.07 Å². The molecule has 3 rings (SSSR count). The maximum atomic E-state index is 6.05. The number of hydrogen-bond acceptors (Lipinski definition) is 2. The van der Waals surface area contributed by atoms with Crippen LogP contribution in [0.15, 0.2) is 12.1 Å². The minimum atomic E-state index is 0.535.